The summed E-state index contributed by atoms with van der Waals surface area (Å²) >= 11 is 6.03. The van der Waals surface area contributed by atoms with Crippen LogP contribution in [-0.2, 0) is 0 Å². The van der Waals surface area contributed by atoms with E-state index in [0.717, 1.165) is 51.3 Å². The Bertz CT molecular complexity index is 953. The summed E-state index contributed by atoms with van der Waals surface area (Å²) in [6, 6.07) is 12.4. The molecule has 0 aliphatic carbocycles. The second-order valence-electron chi connectivity index (χ2n) is 8.65. The van der Waals surface area contributed by atoms with Crippen molar-refractivity contribution in [2.75, 3.05) is 49.5 Å². The van der Waals surface area contributed by atoms with Crippen molar-refractivity contribution in [1.82, 2.24) is 10.2 Å². The van der Waals surface area contributed by atoms with E-state index >= 15 is 0 Å². The number of hydrogen-bond acceptors (Lipinski definition) is 4. The second-order valence-corrected chi connectivity index (χ2v) is 9.09. The monoisotopic (exact) mass is 470 g/mol. The molecule has 7 heteroatoms. The number of carbonyl (C=O) groups is 2. The first-order valence-corrected chi connectivity index (χ1v) is 12.3. The van der Waals surface area contributed by atoms with Crippen molar-refractivity contribution in [3.8, 4) is 0 Å². The van der Waals surface area contributed by atoms with E-state index in [9.17, 15) is 9.59 Å². The van der Waals surface area contributed by atoms with E-state index in [1.54, 1.807) is 30.3 Å². The molecule has 0 spiro atoms. The molecule has 33 heavy (non-hydrogen) atoms. The quantitative estimate of drug-likeness (QED) is 0.547. The van der Waals surface area contributed by atoms with Gasteiger partial charge in [0.05, 0.1) is 5.56 Å². The summed E-state index contributed by atoms with van der Waals surface area (Å²) in [4.78, 5) is 30.4. The smallest absolute Gasteiger partial charge is 0.255 e. The Labute approximate surface area is 202 Å². The van der Waals surface area contributed by atoms with Crippen LogP contribution in [0.3, 0.4) is 0 Å². The number of likely N-dealkylation sites (N-methyl/N-ethyl adjacent to an activating group) is 1. The lowest BCUT2D eigenvalue weighted by molar-refractivity contribution is 0.0948. The summed E-state index contributed by atoms with van der Waals surface area (Å²) in [5, 5.41) is 6.48. The molecule has 1 saturated heterocycles. The van der Waals surface area contributed by atoms with Crippen molar-refractivity contribution in [3.63, 3.8) is 0 Å². The van der Waals surface area contributed by atoms with Crippen LogP contribution in [0, 0.1) is 5.92 Å². The van der Waals surface area contributed by atoms with Gasteiger partial charge in [0.2, 0.25) is 0 Å². The van der Waals surface area contributed by atoms with Crippen LogP contribution in [-0.4, -0.2) is 56.0 Å². The molecule has 3 rings (SSSR count). The summed E-state index contributed by atoms with van der Waals surface area (Å²) in [5.74, 6) is 0.323. The topological polar surface area (TPSA) is 64.7 Å². The molecule has 0 atom stereocenters. The summed E-state index contributed by atoms with van der Waals surface area (Å²) in [6.07, 6.45) is 2.21. The molecule has 2 amide bonds. The third-order valence-corrected chi connectivity index (χ3v) is 6.55. The van der Waals surface area contributed by atoms with Gasteiger partial charge < -0.3 is 20.4 Å². The molecule has 6 nitrogen and oxygen atoms in total. The molecule has 0 aromatic heterocycles. The van der Waals surface area contributed by atoms with Gasteiger partial charge >= 0.3 is 0 Å². The van der Waals surface area contributed by atoms with E-state index in [1.807, 2.05) is 12.1 Å². The van der Waals surface area contributed by atoms with Crippen molar-refractivity contribution < 1.29 is 9.59 Å². The maximum atomic E-state index is 13.2. The third kappa shape index (κ3) is 6.95. The van der Waals surface area contributed by atoms with Crippen LogP contribution in [0.1, 0.15) is 54.3 Å². The molecule has 2 aromatic rings. The van der Waals surface area contributed by atoms with Gasteiger partial charge in [-0.25, -0.2) is 0 Å². The number of carbonyl (C=O) groups excluding carboxylic acids is 2. The van der Waals surface area contributed by atoms with E-state index in [4.69, 9.17) is 11.6 Å². The first-order valence-electron chi connectivity index (χ1n) is 11.9. The molecular weight excluding hydrogens is 436 g/mol. The minimum Gasteiger partial charge on any atom is -0.371 e. The largest absolute Gasteiger partial charge is 0.371 e. The number of nitrogens with zero attached hydrogens (tertiary/aromatic N) is 2. The highest BCUT2D eigenvalue weighted by Crippen LogP contribution is 2.29. The molecule has 1 heterocycles. The summed E-state index contributed by atoms with van der Waals surface area (Å²) in [6.45, 7) is 11.6. The van der Waals surface area contributed by atoms with Gasteiger partial charge in [-0.2, -0.15) is 0 Å². The average Bonchev–Trinajstić information content (AvgIpc) is 2.82. The number of hydrogen-bond donors (Lipinski definition) is 2. The number of rotatable bonds is 9. The van der Waals surface area contributed by atoms with Crippen molar-refractivity contribution in [2.45, 2.75) is 33.6 Å². The standard InChI is InChI=1S/C26H35ClN4O2/c1-4-30(5-2)16-13-28-26(33)23-18-22(29-25(32)20-7-6-8-21(27)17-20)9-10-24(23)31-14-11-19(3)12-15-31/h6-10,17-19H,4-5,11-16H2,1-3H3,(H,28,33)(H,29,32). The maximum Gasteiger partial charge on any atom is 0.255 e. The third-order valence-electron chi connectivity index (χ3n) is 6.32. The van der Waals surface area contributed by atoms with Crippen LogP contribution in [0.25, 0.3) is 0 Å². The lowest BCUT2D eigenvalue weighted by atomic mass is 9.97. The van der Waals surface area contributed by atoms with E-state index in [2.05, 4.69) is 41.2 Å². The van der Waals surface area contributed by atoms with Crippen LogP contribution in [0.15, 0.2) is 42.5 Å². The molecule has 2 aromatic carbocycles. The van der Waals surface area contributed by atoms with Crippen LogP contribution < -0.4 is 15.5 Å². The van der Waals surface area contributed by atoms with Gasteiger partial charge in [0.25, 0.3) is 11.8 Å². The molecule has 1 fully saturated rings. The first kappa shape index (κ1) is 25.1. The zero-order valence-electron chi connectivity index (χ0n) is 19.9. The number of anilines is 2. The Morgan fingerprint density at radius 1 is 1.06 bits per heavy atom. The minimum absolute atomic E-state index is 0.116. The van der Waals surface area contributed by atoms with Crippen LogP contribution in [0.2, 0.25) is 5.02 Å². The molecule has 2 N–H and O–H groups in total. The molecule has 0 radical (unpaired) electrons. The molecule has 0 saturated carbocycles. The number of benzene rings is 2. The fourth-order valence-corrected chi connectivity index (χ4v) is 4.31. The minimum atomic E-state index is -0.259. The Morgan fingerprint density at radius 2 is 1.79 bits per heavy atom. The summed E-state index contributed by atoms with van der Waals surface area (Å²) < 4.78 is 0. The van der Waals surface area contributed by atoms with Crippen molar-refractivity contribution in [1.29, 1.82) is 0 Å². The molecule has 0 unspecified atom stereocenters. The van der Waals surface area contributed by atoms with Gasteiger partial charge in [-0.15, -0.1) is 0 Å². The SMILES string of the molecule is CCN(CC)CCNC(=O)c1cc(NC(=O)c2cccc(Cl)c2)ccc1N1CCC(C)CC1. The van der Waals surface area contributed by atoms with Crippen LogP contribution in [0.5, 0.6) is 0 Å². The van der Waals surface area contributed by atoms with Crippen molar-refractivity contribution in [3.05, 3.63) is 58.6 Å². The molecule has 1 aliphatic heterocycles. The maximum absolute atomic E-state index is 13.2. The Balaban J connectivity index is 1.80. The summed E-state index contributed by atoms with van der Waals surface area (Å²) in [7, 11) is 0. The van der Waals surface area contributed by atoms with E-state index in [1.165, 1.54) is 0 Å². The van der Waals surface area contributed by atoms with Gasteiger partial charge in [0.1, 0.15) is 0 Å². The number of amides is 2. The Kier molecular flexibility index (Phi) is 9.15. The highest BCUT2D eigenvalue weighted by atomic mass is 35.5. The normalized spacial score (nSPS) is 14.4. The fourth-order valence-electron chi connectivity index (χ4n) is 4.12. The van der Waals surface area contributed by atoms with Crippen LogP contribution in [0.4, 0.5) is 11.4 Å². The van der Waals surface area contributed by atoms with E-state index < -0.39 is 0 Å². The van der Waals surface area contributed by atoms with Gasteiger partial charge in [-0.1, -0.05) is 38.4 Å². The zero-order chi connectivity index (χ0) is 23.8. The molecule has 1 aliphatic rings. The lowest BCUT2D eigenvalue weighted by Gasteiger charge is -2.33. The second kappa shape index (κ2) is 12.1. The van der Waals surface area contributed by atoms with Crippen molar-refractivity contribution in [2.24, 2.45) is 5.92 Å². The average molecular weight is 471 g/mol. The van der Waals surface area contributed by atoms with Gasteiger partial charge in [0.15, 0.2) is 0 Å². The molecular formula is C26H35ClN4O2. The molecule has 178 valence electrons. The number of halogens is 1. The van der Waals surface area contributed by atoms with Crippen LogP contribution >= 0.6 is 11.6 Å². The van der Waals surface area contributed by atoms with E-state index in [0.29, 0.717) is 34.3 Å². The highest BCUT2D eigenvalue weighted by Gasteiger charge is 2.22. The Morgan fingerprint density at radius 3 is 2.45 bits per heavy atom. The van der Waals surface area contributed by atoms with Gasteiger partial charge in [-0.05, 0) is 68.2 Å². The first-order chi connectivity index (χ1) is 15.9. The predicted molar refractivity (Wildman–Crippen MR) is 137 cm³/mol. The number of nitrogens with one attached hydrogen (secondary N) is 2. The van der Waals surface area contributed by atoms with Gasteiger partial charge in [0, 0.05) is 48.1 Å². The highest BCUT2D eigenvalue weighted by molar-refractivity contribution is 6.31. The molecule has 0 bridgehead atoms. The Hall–Kier alpha value is -2.57. The lowest BCUT2D eigenvalue weighted by Crippen LogP contribution is -2.37. The van der Waals surface area contributed by atoms with E-state index in [-0.39, 0.29) is 11.8 Å². The van der Waals surface area contributed by atoms with Gasteiger partial charge in [-0.3, -0.25) is 9.59 Å². The summed E-state index contributed by atoms with van der Waals surface area (Å²) in [5.41, 5.74) is 2.57. The fraction of sp³-hybridized carbons (Fsp3) is 0.462. The van der Waals surface area contributed by atoms with Crippen molar-refractivity contribution >= 4 is 34.8 Å². The number of piperidine rings is 1. The predicted octanol–water partition coefficient (Wildman–Crippen LogP) is 4.90. The zero-order valence-corrected chi connectivity index (χ0v) is 20.6.